The maximum Gasteiger partial charge on any atom is 0.0312 e. The first-order valence-corrected chi connectivity index (χ1v) is 7.32. The molecule has 3 heteroatoms. The molecule has 2 unspecified atom stereocenters. The maximum atomic E-state index is 4.14. The van der Waals surface area contributed by atoms with Crippen molar-refractivity contribution in [3.05, 3.63) is 30.1 Å². The monoisotopic (exact) mass is 236 g/mol. The Morgan fingerprint density at radius 3 is 3.19 bits per heavy atom. The van der Waals surface area contributed by atoms with Gasteiger partial charge in [0.15, 0.2) is 0 Å². The van der Waals surface area contributed by atoms with Crippen LogP contribution in [-0.4, -0.2) is 22.5 Å². The molecular weight excluding hydrogens is 216 g/mol. The van der Waals surface area contributed by atoms with Crippen LogP contribution < -0.4 is 5.32 Å². The highest BCUT2D eigenvalue weighted by molar-refractivity contribution is 7.99. The van der Waals surface area contributed by atoms with E-state index < -0.39 is 0 Å². The molecular formula is C13H20N2S. The summed E-state index contributed by atoms with van der Waals surface area (Å²) in [6.07, 6.45) is 11.4. The number of pyridine rings is 1. The Morgan fingerprint density at radius 1 is 1.50 bits per heavy atom. The minimum absolute atomic E-state index is 0.700. The average Bonchev–Trinajstić information content (AvgIpc) is 2.38. The summed E-state index contributed by atoms with van der Waals surface area (Å²) in [5.74, 6) is 0. The summed E-state index contributed by atoms with van der Waals surface area (Å²) in [5, 5.41) is 4.51. The van der Waals surface area contributed by atoms with Gasteiger partial charge in [-0.05, 0) is 37.1 Å². The average molecular weight is 236 g/mol. The minimum atomic E-state index is 0.700. The summed E-state index contributed by atoms with van der Waals surface area (Å²) in [6, 6.07) is 4.84. The van der Waals surface area contributed by atoms with Gasteiger partial charge in [0.25, 0.3) is 0 Å². The van der Waals surface area contributed by atoms with E-state index in [2.05, 4.69) is 22.6 Å². The predicted molar refractivity (Wildman–Crippen MR) is 70.6 cm³/mol. The standard InChI is InChI=1S/C13H20N2S/c1-16-13-6-2-5-12(8-13)15-10-11-4-3-7-14-9-11/h3-4,7,9,12-13,15H,2,5-6,8,10H2,1H3. The number of nitrogens with zero attached hydrogens (tertiary/aromatic N) is 1. The van der Waals surface area contributed by atoms with Crippen molar-refractivity contribution >= 4 is 11.8 Å². The fourth-order valence-corrected chi connectivity index (χ4v) is 3.14. The van der Waals surface area contributed by atoms with Crippen molar-refractivity contribution in [2.45, 2.75) is 43.5 Å². The maximum absolute atomic E-state index is 4.14. The number of hydrogen-bond donors (Lipinski definition) is 1. The third-order valence-corrected chi connectivity index (χ3v) is 4.37. The summed E-state index contributed by atoms with van der Waals surface area (Å²) < 4.78 is 0. The molecule has 88 valence electrons. The Morgan fingerprint density at radius 2 is 2.44 bits per heavy atom. The van der Waals surface area contributed by atoms with Gasteiger partial charge in [-0.15, -0.1) is 0 Å². The summed E-state index contributed by atoms with van der Waals surface area (Å²) in [6.45, 7) is 0.958. The van der Waals surface area contributed by atoms with E-state index in [-0.39, 0.29) is 0 Å². The first-order valence-electron chi connectivity index (χ1n) is 6.03. The molecule has 1 aromatic rings. The zero-order valence-corrected chi connectivity index (χ0v) is 10.7. The van der Waals surface area contributed by atoms with E-state index >= 15 is 0 Å². The number of hydrogen-bond acceptors (Lipinski definition) is 3. The van der Waals surface area contributed by atoms with Crippen molar-refractivity contribution in [2.75, 3.05) is 6.26 Å². The molecule has 0 saturated heterocycles. The fraction of sp³-hybridized carbons (Fsp3) is 0.615. The zero-order chi connectivity index (χ0) is 11.2. The second kappa shape index (κ2) is 6.26. The number of rotatable bonds is 4. The van der Waals surface area contributed by atoms with Crippen LogP contribution in [0.3, 0.4) is 0 Å². The van der Waals surface area contributed by atoms with E-state index in [0.29, 0.717) is 6.04 Å². The van der Waals surface area contributed by atoms with Crippen LogP contribution in [0.1, 0.15) is 31.2 Å². The topological polar surface area (TPSA) is 24.9 Å². The van der Waals surface area contributed by atoms with Crippen LogP contribution in [0.2, 0.25) is 0 Å². The first-order chi connectivity index (χ1) is 7.88. The van der Waals surface area contributed by atoms with Crippen LogP contribution in [0.5, 0.6) is 0 Å². The molecule has 1 saturated carbocycles. The van der Waals surface area contributed by atoms with E-state index in [4.69, 9.17) is 0 Å². The van der Waals surface area contributed by atoms with Crippen molar-refractivity contribution in [3.8, 4) is 0 Å². The smallest absolute Gasteiger partial charge is 0.0312 e. The first kappa shape index (κ1) is 11.9. The minimum Gasteiger partial charge on any atom is -0.310 e. The van der Waals surface area contributed by atoms with Crippen LogP contribution in [0.15, 0.2) is 24.5 Å². The normalized spacial score (nSPS) is 25.6. The lowest BCUT2D eigenvalue weighted by atomic mass is 9.95. The van der Waals surface area contributed by atoms with E-state index in [9.17, 15) is 0 Å². The van der Waals surface area contributed by atoms with Crippen molar-refractivity contribution in [1.82, 2.24) is 10.3 Å². The van der Waals surface area contributed by atoms with Crippen LogP contribution in [0.25, 0.3) is 0 Å². The molecule has 1 aliphatic rings. The van der Waals surface area contributed by atoms with Gasteiger partial charge in [-0.1, -0.05) is 12.5 Å². The lowest BCUT2D eigenvalue weighted by molar-refractivity contribution is 0.379. The lowest BCUT2D eigenvalue weighted by Crippen LogP contribution is -2.34. The summed E-state index contributed by atoms with van der Waals surface area (Å²) in [5.41, 5.74) is 1.29. The molecule has 0 aliphatic heterocycles. The van der Waals surface area contributed by atoms with Crippen molar-refractivity contribution in [1.29, 1.82) is 0 Å². The Hall–Kier alpha value is -0.540. The zero-order valence-electron chi connectivity index (χ0n) is 9.86. The van der Waals surface area contributed by atoms with Crippen LogP contribution >= 0.6 is 11.8 Å². The summed E-state index contributed by atoms with van der Waals surface area (Å²) in [7, 11) is 0. The highest BCUT2D eigenvalue weighted by atomic mass is 32.2. The third kappa shape index (κ3) is 3.49. The predicted octanol–water partition coefficient (Wildman–Crippen LogP) is 2.85. The number of thioether (sulfide) groups is 1. The van der Waals surface area contributed by atoms with E-state index in [1.54, 1.807) is 0 Å². The Kier molecular flexibility index (Phi) is 4.67. The number of nitrogens with one attached hydrogen (secondary N) is 1. The van der Waals surface area contributed by atoms with Gasteiger partial charge in [-0.25, -0.2) is 0 Å². The largest absolute Gasteiger partial charge is 0.310 e. The van der Waals surface area contributed by atoms with E-state index in [1.807, 2.05) is 30.2 Å². The molecule has 1 aliphatic carbocycles. The molecule has 0 bridgehead atoms. The van der Waals surface area contributed by atoms with Gasteiger partial charge < -0.3 is 5.32 Å². The van der Waals surface area contributed by atoms with Gasteiger partial charge in [0, 0.05) is 30.2 Å². The van der Waals surface area contributed by atoms with Gasteiger partial charge in [-0.2, -0.15) is 11.8 Å². The Balaban J connectivity index is 1.77. The molecule has 1 fully saturated rings. The van der Waals surface area contributed by atoms with Crippen molar-refractivity contribution in [3.63, 3.8) is 0 Å². The Bertz CT molecular complexity index is 302. The van der Waals surface area contributed by atoms with E-state index in [0.717, 1.165) is 11.8 Å². The van der Waals surface area contributed by atoms with Gasteiger partial charge in [0.1, 0.15) is 0 Å². The molecule has 2 nitrogen and oxygen atoms in total. The molecule has 0 spiro atoms. The fourth-order valence-electron chi connectivity index (χ4n) is 2.31. The van der Waals surface area contributed by atoms with Gasteiger partial charge in [-0.3, -0.25) is 4.98 Å². The lowest BCUT2D eigenvalue weighted by Gasteiger charge is -2.28. The highest BCUT2D eigenvalue weighted by Crippen LogP contribution is 2.26. The summed E-state index contributed by atoms with van der Waals surface area (Å²) >= 11 is 2.02. The second-order valence-electron chi connectivity index (χ2n) is 4.46. The molecule has 1 heterocycles. The van der Waals surface area contributed by atoms with Crippen LogP contribution in [0, 0.1) is 0 Å². The molecule has 1 aromatic heterocycles. The Labute approximate surface area is 102 Å². The molecule has 0 radical (unpaired) electrons. The van der Waals surface area contributed by atoms with Crippen molar-refractivity contribution < 1.29 is 0 Å². The van der Waals surface area contributed by atoms with Crippen molar-refractivity contribution in [2.24, 2.45) is 0 Å². The molecule has 1 N–H and O–H groups in total. The van der Waals surface area contributed by atoms with Gasteiger partial charge >= 0.3 is 0 Å². The molecule has 16 heavy (non-hydrogen) atoms. The third-order valence-electron chi connectivity index (χ3n) is 3.28. The molecule has 2 rings (SSSR count). The quantitative estimate of drug-likeness (QED) is 0.870. The van der Waals surface area contributed by atoms with Gasteiger partial charge in [0.2, 0.25) is 0 Å². The van der Waals surface area contributed by atoms with E-state index in [1.165, 1.54) is 31.2 Å². The second-order valence-corrected chi connectivity index (χ2v) is 5.60. The van der Waals surface area contributed by atoms with Gasteiger partial charge in [0.05, 0.1) is 0 Å². The number of aromatic nitrogens is 1. The highest BCUT2D eigenvalue weighted by Gasteiger charge is 2.20. The molecule has 2 atom stereocenters. The SMILES string of the molecule is CSC1CCCC(NCc2cccnc2)C1. The molecule has 0 aromatic carbocycles. The molecule has 0 amide bonds. The summed E-state index contributed by atoms with van der Waals surface area (Å²) in [4.78, 5) is 4.14. The van der Waals surface area contributed by atoms with Crippen LogP contribution in [-0.2, 0) is 6.54 Å². The van der Waals surface area contributed by atoms with Crippen LogP contribution in [0.4, 0.5) is 0 Å².